The van der Waals surface area contributed by atoms with Crippen molar-refractivity contribution in [2.24, 2.45) is 11.1 Å². The molecule has 1 aliphatic rings. The van der Waals surface area contributed by atoms with Gasteiger partial charge in [0.25, 0.3) is 0 Å². The molecule has 6 nitrogen and oxygen atoms in total. The lowest BCUT2D eigenvalue weighted by Gasteiger charge is -2.37. The maximum Gasteiger partial charge on any atom is 0.411 e. The van der Waals surface area contributed by atoms with Crippen LogP contribution in [0.1, 0.15) is 58.4 Å². The lowest BCUT2D eigenvalue weighted by Crippen LogP contribution is -2.44. The molecule has 6 heteroatoms. The van der Waals surface area contributed by atoms with Gasteiger partial charge in [-0.05, 0) is 48.8 Å². The molecule has 1 aromatic carbocycles. The number of benzene rings is 1. The Hall–Kier alpha value is -2.08. The summed E-state index contributed by atoms with van der Waals surface area (Å²) in [4.78, 5) is 26.3. The second-order valence-electron chi connectivity index (χ2n) is 8.64. The molecule has 0 saturated heterocycles. The fourth-order valence-electron chi connectivity index (χ4n) is 3.45. The van der Waals surface area contributed by atoms with Crippen LogP contribution in [0, 0.1) is 5.41 Å². The average molecular weight is 376 g/mol. The van der Waals surface area contributed by atoms with Gasteiger partial charge in [-0.2, -0.15) is 0 Å². The summed E-state index contributed by atoms with van der Waals surface area (Å²) in [6, 6.07) is 8.04. The minimum Gasteiger partial charge on any atom is -0.453 e. The van der Waals surface area contributed by atoms with Crippen molar-refractivity contribution in [1.29, 1.82) is 0 Å². The Morgan fingerprint density at radius 1 is 1.15 bits per heavy atom. The van der Waals surface area contributed by atoms with Crippen molar-refractivity contribution in [3.8, 4) is 0 Å². The zero-order valence-corrected chi connectivity index (χ0v) is 17.0. The topological polar surface area (TPSA) is 84.7 Å². The molecule has 1 aromatic rings. The normalized spacial score (nSPS) is 20.0. The number of rotatable bonds is 5. The highest BCUT2D eigenvalue weighted by atomic mass is 16.5. The molecular formula is C21H33N3O3. The smallest absolute Gasteiger partial charge is 0.411 e. The third-order valence-corrected chi connectivity index (χ3v) is 4.92. The lowest BCUT2D eigenvalue weighted by molar-refractivity contribution is -0.137. The van der Waals surface area contributed by atoms with Crippen molar-refractivity contribution in [1.82, 2.24) is 4.90 Å². The van der Waals surface area contributed by atoms with E-state index >= 15 is 0 Å². The molecule has 1 fully saturated rings. The maximum atomic E-state index is 13.0. The second kappa shape index (κ2) is 9.22. The van der Waals surface area contributed by atoms with E-state index in [4.69, 9.17) is 5.73 Å². The van der Waals surface area contributed by atoms with E-state index in [2.05, 4.69) is 30.8 Å². The van der Waals surface area contributed by atoms with Crippen LogP contribution in [0.5, 0.6) is 0 Å². The summed E-state index contributed by atoms with van der Waals surface area (Å²) in [5.41, 5.74) is 7.71. The first-order valence-corrected chi connectivity index (χ1v) is 9.67. The van der Waals surface area contributed by atoms with Gasteiger partial charge < -0.3 is 15.4 Å². The lowest BCUT2D eigenvalue weighted by atomic mass is 9.88. The van der Waals surface area contributed by atoms with Crippen LogP contribution in [0.3, 0.4) is 0 Å². The molecule has 0 aromatic heterocycles. The molecule has 2 rings (SSSR count). The SMILES string of the molecule is COC(=O)Nc1ccc(CN(C(=O)CC(C)(C)C)C2CCC(N)CC2)cc1. The number of hydrogen-bond donors (Lipinski definition) is 2. The maximum absolute atomic E-state index is 13.0. The summed E-state index contributed by atoms with van der Waals surface area (Å²) >= 11 is 0. The molecule has 0 spiro atoms. The summed E-state index contributed by atoms with van der Waals surface area (Å²) < 4.78 is 4.60. The zero-order chi connectivity index (χ0) is 20.0. The van der Waals surface area contributed by atoms with E-state index in [0.29, 0.717) is 18.7 Å². The Morgan fingerprint density at radius 3 is 2.26 bits per heavy atom. The van der Waals surface area contributed by atoms with Crippen LogP contribution < -0.4 is 11.1 Å². The van der Waals surface area contributed by atoms with Crippen molar-refractivity contribution < 1.29 is 14.3 Å². The molecule has 1 aliphatic carbocycles. The van der Waals surface area contributed by atoms with Crippen molar-refractivity contribution >= 4 is 17.7 Å². The van der Waals surface area contributed by atoms with E-state index in [1.165, 1.54) is 7.11 Å². The quantitative estimate of drug-likeness (QED) is 0.817. The van der Waals surface area contributed by atoms with Gasteiger partial charge in [0.15, 0.2) is 0 Å². The number of anilines is 1. The number of amides is 2. The summed E-state index contributed by atoms with van der Waals surface area (Å²) in [6.45, 7) is 6.85. The predicted octanol–water partition coefficient (Wildman–Crippen LogP) is 3.90. The van der Waals surface area contributed by atoms with Gasteiger partial charge in [0.05, 0.1) is 7.11 Å². The van der Waals surface area contributed by atoms with Crippen molar-refractivity contribution in [3.63, 3.8) is 0 Å². The standard InChI is InChI=1S/C21H33N3O3/c1-21(2,3)13-19(25)24(18-11-7-16(22)8-12-18)14-15-5-9-17(10-6-15)23-20(26)27-4/h5-6,9-10,16,18H,7-8,11-14,22H2,1-4H3,(H,23,26). The number of nitrogens with one attached hydrogen (secondary N) is 1. The highest BCUT2D eigenvalue weighted by Crippen LogP contribution is 2.28. The average Bonchev–Trinajstić information content (AvgIpc) is 2.60. The summed E-state index contributed by atoms with van der Waals surface area (Å²) in [6.07, 6.45) is 3.87. The molecule has 1 saturated carbocycles. The monoisotopic (exact) mass is 375 g/mol. The van der Waals surface area contributed by atoms with Crippen LogP contribution in [-0.2, 0) is 16.1 Å². The first-order valence-electron chi connectivity index (χ1n) is 9.67. The first kappa shape index (κ1) is 21.2. The third kappa shape index (κ3) is 6.86. The van der Waals surface area contributed by atoms with Gasteiger partial charge in [0.1, 0.15) is 0 Å². The van der Waals surface area contributed by atoms with E-state index in [1.54, 1.807) is 0 Å². The van der Waals surface area contributed by atoms with Gasteiger partial charge in [-0.3, -0.25) is 10.1 Å². The number of ether oxygens (including phenoxy) is 1. The fraction of sp³-hybridized carbons (Fsp3) is 0.619. The number of carbonyl (C=O) groups is 2. The summed E-state index contributed by atoms with van der Waals surface area (Å²) in [7, 11) is 1.33. The molecule has 150 valence electrons. The van der Waals surface area contributed by atoms with Crippen LogP contribution >= 0.6 is 0 Å². The van der Waals surface area contributed by atoms with Gasteiger partial charge >= 0.3 is 6.09 Å². The Kier molecular flexibility index (Phi) is 7.25. The Labute approximate surface area is 162 Å². The van der Waals surface area contributed by atoms with Gasteiger partial charge in [-0.1, -0.05) is 32.9 Å². The molecule has 0 unspecified atom stereocenters. The molecule has 27 heavy (non-hydrogen) atoms. The second-order valence-corrected chi connectivity index (χ2v) is 8.64. The van der Waals surface area contributed by atoms with Crippen molar-refractivity contribution in [2.45, 2.75) is 71.5 Å². The predicted molar refractivity (Wildman–Crippen MR) is 107 cm³/mol. The van der Waals surface area contributed by atoms with Crippen LogP contribution in [-0.4, -0.2) is 36.1 Å². The van der Waals surface area contributed by atoms with Crippen LogP contribution in [0.2, 0.25) is 0 Å². The zero-order valence-electron chi connectivity index (χ0n) is 17.0. The van der Waals surface area contributed by atoms with E-state index in [1.807, 2.05) is 29.2 Å². The largest absolute Gasteiger partial charge is 0.453 e. The van der Waals surface area contributed by atoms with Gasteiger partial charge in [0, 0.05) is 30.7 Å². The van der Waals surface area contributed by atoms with Crippen molar-refractivity contribution in [3.05, 3.63) is 29.8 Å². The number of nitrogens with zero attached hydrogens (tertiary/aromatic N) is 1. The Bertz CT molecular complexity index is 629. The minimum atomic E-state index is -0.497. The van der Waals surface area contributed by atoms with Crippen LogP contribution in [0.25, 0.3) is 0 Å². The highest BCUT2D eigenvalue weighted by molar-refractivity contribution is 5.84. The molecule has 0 heterocycles. The highest BCUT2D eigenvalue weighted by Gasteiger charge is 2.29. The van der Waals surface area contributed by atoms with Crippen molar-refractivity contribution in [2.75, 3.05) is 12.4 Å². The summed E-state index contributed by atoms with van der Waals surface area (Å²) in [5.74, 6) is 0.194. The fourth-order valence-corrected chi connectivity index (χ4v) is 3.45. The number of methoxy groups -OCH3 is 1. The van der Waals surface area contributed by atoms with Crippen LogP contribution in [0.15, 0.2) is 24.3 Å². The van der Waals surface area contributed by atoms with Crippen LogP contribution in [0.4, 0.5) is 10.5 Å². The molecular weight excluding hydrogens is 342 g/mol. The molecule has 0 radical (unpaired) electrons. The molecule has 2 amide bonds. The Balaban J connectivity index is 2.11. The number of carbonyl (C=O) groups excluding carboxylic acids is 2. The van der Waals surface area contributed by atoms with E-state index in [9.17, 15) is 9.59 Å². The van der Waals surface area contributed by atoms with E-state index < -0.39 is 6.09 Å². The minimum absolute atomic E-state index is 0.0469. The van der Waals surface area contributed by atoms with Gasteiger partial charge in [-0.25, -0.2) is 4.79 Å². The van der Waals surface area contributed by atoms with Gasteiger partial charge in [-0.15, -0.1) is 0 Å². The molecule has 0 atom stereocenters. The molecule has 3 N–H and O–H groups in total. The molecule has 0 bridgehead atoms. The first-order chi connectivity index (χ1) is 12.7. The Morgan fingerprint density at radius 2 is 1.74 bits per heavy atom. The number of nitrogens with two attached hydrogens (primary N) is 1. The molecule has 0 aliphatic heterocycles. The number of hydrogen-bond acceptors (Lipinski definition) is 4. The van der Waals surface area contributed by atoms with E-state index in [-0.39, 0.29) is 23.4 Å². The summed E-state index contributed by atoms with van der Waals surface area (Å²) in [5, 5.41) is 2.64. The van der Waals surface area contributed by atoms with E-state index in [0.717, 1.165) is 31.2 Å². The third-order valence-electron chi connectivity index (χ3n) is 4.92. The van der Waals surface area contributed by atoms with Gasteiger partial charge in [0.2, 0.25) is 5.91 Å².